The molecule has 0 bridgehead atoms. The van der Waals surface area contributed by atoms with E-state index in [1.54, 1.807) is 0 Å². The third kappa shape index (κ3) is 4.32. The Kier molecular flexibility index (Phi) is 6.04. The average Bonchev–Trinajstić information content (AvgIpc) is 2.92. The maximum atomic E-state index is 6.17. The fourth-order valence-corrected chi connectivity index (χ4v) is 4.14. The highest BCUT2D eigenvalue weighted by molar-refractivity contribution is 6.62. The summed E-state index contributed by atoms with van der Waals surface area (Å²) in [5.74, 6) is 1.44. The summed E-state index contributed by atoms with van der Waals surface area (Å²) in [5, 5.41) is 0. The zero-order valence-corrected chi connectivity index (χ0v) is 19.3. The Morgan fingerprint density at radius 3 is 1.94 bits per heavy atom. The lowest BCUT2D eigenvalue weighted by Gasteiger charge is -2.34. The Hall–Kier alpha value is -2.08. The van der Waals surface area contributed by atoms with Crippen molar-refractivity contribution in [3.63, 3.8) is 0 Å². The molecule has 0 saturated carbocycles. The molecule has 2 aliphatic rings. The van der Waals surface area contributed by atoms with Crippen LogP contribution < -0.4 is 5.46 Å². The van der Waals surface area contributed by atoms with Gasteiger partial charge in [-0.05, 0) is 56.8 Å². The van der Waals surface area contributed by atoms with E-state index in [1.807, 2.05) is 6.92 Å². The maximum absolute atomic E-state index is 6.17. The predicted molar refractivity (Wildman–Crippen MR) is 125 cm³/mol. The molecule has 5 heteroatoms. The lowest BCUT2D eigenvalue weighted by molar-refractivity contribution is -0.0470. The van der Waals surface area contributed by atoms with Gasteiger partial charge < -0.3 is 18.8 Å². The quantitative estimate of drug-likeness (QED) is 0.470. The van der Waals surface area contributed by atoms with Crippen LogP contribution in [0.2, 0.25) is 0 Å². The Morgan fingerprint density at radius 1 is 0.968 bits per heavy atom. The van der Waals surface area contributed by atoms with E-state index in [4.69, 9.17) is 18.8 Å². The molecule has 2 aliphatic heterocycles. The maximum Gasteiger partial charge on any atom is 0.494 e. The molecule has 0 amide bonds. The number of benzene rings is 2. The van der Waals surface area contributed by atoms with Crippen LogP contribution in [0.5, 0.6) is 0 Å². The fourth-order valence-electron chi connectivity index (χ4n) is 4.14. The second-order valence-corrected chi connectivity index (χ2v) is 9.51. The van der Waals surface area contributed by atoms with Crippen molar-refractivity contribution >= 4 is 12.6 Å². The smallest absolute Gasteiger partial charge is 0.494 e. The minimum absolute atomic E-state index is 0.175. The van der Waals surface area contributed by atoms with Gasteiger partial charge in [0.05, 0.1) is 36.8 Å². The normalized spacial score (nSPS) is 20.9. The average molecular weight is 420 g/mol. The molecular formula is C26H33BO4. The molecule has 4 rings (SSSR count). The topological polar surface area (TPSA) is 36.9 Å². The molecule has 164 valence electrons. The van der Waals surface area contributed by atoms with Gasteiger partial charge >= 0.3 is 7.12 Å². The third-order valence-electron chi connectivity index (χ3n) is 6.85. The van der Waals surface area contributed by atoms with Gasteiger partial charge in [0, 0.05) is 11.8 Å². The van der Waals surface area contributed by atoms with Crippen LogP contribution in [0.25, 0.3) is 11.1 Å². The number of hydrogen-bond acceptors (Lipinski definition) is 4. The molecule has 0 spiro atoms. The molecule has 2 saturated heterocycles. The van der Waals surface area contributed by atoms with Crippen LogP contribution >= 0.6 is 0 Å². The van der Waals surface area contributed by atoms with Crippen LogP contribution in [-0.2, 0) is 18.8 Å². The van der Waals surface area contributed by atoms with Gasteiger partial charge in [0.25, 0.3) is 0 Å². The van der Waals surface area contributed by atoms with Crippen LogP contribution in [0, 0.1) is 5.92 Å². The van der Waals surface area contributed by atoms with E-state index < -0.39 is 0 Å². The van der Waals surface area contributed by atoms with Crippen molar-refractivity contribution in [3.8, 4) is 11.1 Å². The second kappa shape index (κ2) is 8.46. The molecule has 0 aliphatic carbocycles. The van der Waals surface area contributed by atoms with E-state index >= 15 is 0 Å². The van der Waals surface area contributed by atoms with Gasteiger partial charge in [0.1, 0.15) is 0 Å². The molecule has 2 aromatic rings. The molecule has 0 aromatic heterocycles. The molecule has 2 heterocycles. The highest BCUT2D eigenvalue weighted by atomic mass is 16.7. The SMILES string of the molecule is C=C(OCC)C(c1ccc(-c2ccc(B3OC(C)(C)C(C)(C)O3)cc2)cc1)C1COC1. The lowest BCUT2D eigenvalue weighted by atomic mass is 9.78. The molecular weight excluding hydrogens is 387 g/mol. The third-order valence-corrected chi connectivity index (χ3v) is 6.85. The highest BCUT2D eigenvalue weighted by Crippen LogP contribution is 2.38. The lowest BCUT2D eigenvalue weighted by Crippen LogP contribution is -2.41. The zero-order chi connectivity index (χ0) is 22.2. The van der Waals surface area contributed by atoms with Gasteiger partial charge in [0.15, 0.2) is 0 Å². The molecule has 0 N–H and O–H groups in total. The Morgan fingerprint density at radius 2 is 1.48 bits per heavy atom. The van der Waals surface area contributed by atoms with E-state index in [0.29, 0.717) is 12.5 Å². The number of rotatable bonds is 7. The van der Waals surface area contributed by atoms with Crippen molar-refractivity contribution in [2.24, 2.45) is 5.92 Å². The van der Waals surface area contributed by atoms with E-state index in [2.05, 4.69) is 82.8 Å². The van der Waals surface area contributed by atoms with Crippen LogP contribution in [0.4, 0.5) is 0 Å². The monoisotopic (exact) mass is 420 g/mol. The standard InChI is InChI=1S/C26H33BO4/c1-7-29-18(2)24(22-16-28-17-22)21-10-8-19(9-11-21)20-12-14-23(15-13-20)27-30-25(3,4)26(5,6)31-27/h8-15,22,24H,2,7,16-17H2,1,3-6H3. The Balaban J connectivity index is 1.50. The number of hydrogen-bond donors (Lipinski definition) is 0. The van der Waals surface area contributed by atoms with Gasteiger partial charge in [0.2, 0.25) is 0 Å². The van der Waals surface area contributed by atoms with Crippen molar-refractivity contribution in [3.05, 3.63) is 66.4 Å². The second-order valence-electron chi connectivity index (χ2n) is 9.51. The first-order chi connectivity index (χ1) is 14.7. The summed E-state index contributed by atoms with van der Waals surface area (Å²) in [4.78, 5) is 0. The first-order valence-electron chi connectivity index (χ1n) is 11.2. The van der Waals surface area contributed by atoms with Gasteiger partial charge in [-0.15, -0.1) is 0 Å². The van der Waals surface area contributed by atoms with E-state index in [-0.39, 0.29) is 24.2 Å². The zero-order valence-electron chi connectivity index (χ0n) is 19.3. The Bertz CT molecular complexity index is 897. The van der Waals surface area contributed by atoms with Crippen LogP contribution in [0.1, 0.15) is 46.1 Å². The molecule has 31 heavy (non-hydrogen) atoms. The van der Waals surface area contributed by atoms with Crippen molar-refractivity contribution in [1.29, 1.82) is 0 Å². The van der Waals surface area contributed by atoms with Crippen LogP contribution in [0.3, 0.4) is 0 Å². The minimum atomic E-state index is -0.337. The summed E-state index contributed by atoms with van der Waals surface area (Å²) in [6.07, 6.45) is 0. The van der Waals surface area contributed by atoms with E-state index in [1.165, 1.54) is 16.7 Å². The van der Waals surface area contributed by atoms with Crippen LogP contribution in [0.15, 0.2) is 60.9 Å². The highest BCUT2D eigenvalue weighted by Gasteiger charge is 2.51. The fraction of sp³-hybridized carbons (Fsp3) is 0.462. The van der Waals surface area contributed by atoms with E-state index in [0.717, 1.165) is 24.4 Å². The summed E-state index contributed by atoms with van der Waals surface area (Å²) >= 11 is 0. The minimum Gasteiger partial charge on any atom is -0.498 e. The Labute approximate surface area is 186 Å². The molecule has 4 nitrogen and oxygen atoms in total. The molecule has 1 atom stereocenters. The number of ether oxygens (including phenoxy) is 2. The summed E-state index contributed by atoms with van der Waals surface area (Å²) in [7, 11) is -0.337. The summed E-state index contributed by atoms with van der Waals surface area (Å²) in [5.41, 5.74) is 3.94. The summed E-state index contributed by atoms with van der Waals surface area (Å²) in [6.45, 7) is 16.6. The largest absolute Gasteiger partial charge is 0.498 e. The molecule has 0 radical (unpaired) electrons. The predicted octanol–water partition coefficient (Wildman–Crippen LogP) is 4.93. The summed E-state index contributed by atoms with van der Waals surface area (Å²) < 4.78 is 23.5. The summed E-state index contributed by atoms with van der Waals surface area (Å²) in [6, 6.07) is 17.2. The van der Waals surface area contributed by atoms with Gasteiger partial charge in [-0.2, -0.15) is 0 Å². The van der Waals surface area contributed by atoms with Crippen molar-refractivity contribution in [1.82, 2.24) is 0 Å². The first kappa shape index (κ1) is 22.1. The molecule has 2 fully saturated rings. The van der Waals surface area contributed by atoms with Crippen molar-refractivity contribution in [2.45, 2.75) is 51.7 Å². The first-order valence-corrected chi connectivity index (χ1v) is 11.2. The van der Waals surface area contributed by atoms with Gasteiger partial charge in [-0.3, -0.25) is 0 Å². The van der Waals surface area contributed by atoms with Gasteiger partial charge in [-0.25, -0.2) is 0 Å². The number of allylic oxidation sites excluding steroid dienone is 1. The molecule has 2 aromatic carbocycles. The van der Waals surface area contributed by atoms with Crippen LogP contribution in [-0.4, -0.2) is 38.1 Å². The molecule has 1 unspecified atom stereocenters. The van der Waals surface area contributed by atoms with Crippen molar-refractivity contribution < 1.29 is 18.8 Å². The van der Waals surface area contributed by atoms with Gasteiger partial charge in [-0.1, -0.05) is 55.1 Å². The van der Waals surface area contributed by atoms with E-state index in [9.17, 15) is 0 Å². The van der Waals surface area contributed by atoms with Crippen molar-refractivity contribution in [2.75, 3.05) is 19.8 Å².